The Kier molecular flexibility index (Phi) is 5.68. The van der Waals surface area contributed by atoms with E-state index in [-0.39, 0.29) is 6.03 Å². The van der Waals surface area contributed by atoms with Crippen molar-refractivity contribution in [2.45, 2.75) is 58.5 Å². The second-order valence-electron chi connectivity index (χ2n) is 6.68. The first-order chi connectivity index (χ1) is 12.2. The SMILES string of the molecule is CCN(Cc1nc(-c2cccc(C)c2)no1)C(=O)NC1CCCCC1. The highest BCUT2D eigenvalue weighted by molar-refractivity contribution is 5.74. The molecule has 0 bridgehead atoms. The van der Waals surface area contributed by atoms with Crippen LogP contribution in [-0.4, -0.2) is 33.7 Å². The third-order valence-corrected chi connectivity index (χ3v) is 4.67. The van der Waals surface area contributed by atoms with Gasteiger partial charge in [-0.05, 0) is 32.8 Å². The van der Waals surface area contributed by atoms with Crippen molar-refractivity contribution in [3.63, 3.8) is 0 Å². The van der Waals surface area contributed by atoms with Gasteiger partial charge in [-0.15, -0.1) is 0 Å². The zero-order valence-electron chi connectivity index (χ0n) is 15.0. The second-order valence-corrected chi connectivity index (χ2v) is 6.68. The Labute approximate surface area is 148 Å². The van der Waals surface area contributed by atoms with E-state index in [9.17, 15) is 4.79 Å². The standard InChI is InChI=1S/C19H26N4O2/c1-3-23(19(24)20-16-10-5-4-6-11-16)13-17-21-18(22-25-17)15-9-7-8-14(2)12-15/h7-9,12,16H,3-6,10-11,13H2,1-2H3,(H,20,24). The van der Waals surface area contributed by atoms with Gasteiger partial charge in [0.15, 0.2) is 0 Å². The Morgan fingerprint density at radius 1 is 1.32 bits per heavy atom. The lowest BCUT2D eigenvalue weighted by atomic mass is 9.96. The molecule has 3 rings (SSSR count). The number of hydrogen-bond acceptors (Lipinski definition) is 4. The molecule has 0 spiro atoms. The van der Waals surface area contributed by atoms with E-state index < -0.39 is 0 Å². The molecule has 0 aliphatic heterocycles. The van der Waals surface area contributed by atoms with Gasteiger partial charge in [-0.25, -0.2) is 4.79 Å². The van der Waals surface area contributed by atoms with Crippen molar-refractivity contribution in [2.75, 3.05) is 6.54 Å². The summed E-state index contributed by atoms with van der Waals surface area (Å²) < 4.78 is 5.35. The molecule has 1 aliphatic rings. The van der Waals surface area contributed by atoms with Crippen LogP contribution in [0.2, 0.25) is 0 Å². The Balaban J connectivity index is 1.62. The number of carbonyl (C=O) groups is 1. The van der Waals surface area contributed by atoms with Crippen LogP contribution in [-0.2, 0) is 6.54 Å². The Morgan fingerprint density at radius 2 is 2.12 bits per heavy atom. The number of hydrogen-bond donors (Lipinski definition) is 1. The second kappa shape index (κ2) is 8.14. The Morgan fingerprint density at radius 3 is 2.84 bits per heavy atom. The molecule has 134 valence electrons. The molecule has 0 radical (unpaired) electrons. The first-order valence-corrected chi connectivity index (χ1v) is 9.10. The van der Waals surface area contributed by atoms with Crippen molar-refractivity contribution in [1.29, 1.82) is 0 Å². The van der Waals surface area contributed by atoms with Crippen molar-refractivity contribution in [2.24, 2.45) is 0 Å². The average Bonchev–Trinajstić information content (AvgIpc) is 3.09. The molecule has 1 aromatic carbocycles. The van der Waals surface area contributed by atoms with Crippen LogP contribution in [0.15, 0.2) is 28.8 Å². The lowest BCUT2D eigenvalue weighted by Gasteiger charge is -2.26. The van der Waals surface area contributed by atoms with E-state index in [1.54, 1.807) is 4.90 Å². The van der Waals surface area contributed by atoms with Gasteiger partial charge in [0.2, 0.25) is 11.7 Å². The summed E-state index contributed by atoms with van der Waals surface area (Å²) in [5, 5.41) is 7.18. The number of urea groups is 1. The van der Waals surface area contributed by atoms with Gasteiger partial charge in [-0.3, -0.25) is 0 Å². The molecule has 0 saturated heterocycles. The molecule has 2 aromatic rings. The molecular weight excluding hydrogens is 316 g/mol. The summed E-state index contributed by atoms with van der Waals surface area (Å²) in [7, 11) is 0. The normalized spacial score (nSPS) is 15.1. The van der Waals surface area contributed by atoms with Crippen molar-refractivity contribution in [3.8, 4) is 11.4 Å². The van der Waals surface area contributed by atoms with Crippen LogP contribution in [0.1, 0.15) is 50.5 Å². The molecule has 0 atom stereocenters. The molecule has 25 heavy (non-hydrogen) atoms. The molecule has 6 nitrogen and oxygen atoms in total. The lowest BCUT2D eigenvalue weighted by Crippen LogP contribution is -2.45. The minimum absolute atomic E-state index is 0.0512. The van der Waals surface area contributed by atoms with Crippen LogP contribution in [0.3, 0.4) is 0 Å². The molecule has 1 N–H and O–H groups in total. The summed E-state index contributed by atoms with van der Waals surface area (Å²) in [4.78, 5) is 18.6. The lowest BCUT2D eigenvalue weighted by molar-refractivity contribution is 0.182. The van der Waals surface area contributed by atoms with Crippen LogP contribution in [0.5, 0.6) is 0 Å². The van der Waals surface area contributed by atoms with Crippen LogP contribution in [0.25, 0.3) is 11.4 Å². The minimum atomic E-state index is -0.0512. The monoisotopic (exact) mass is 342 g/mol. The zero-order chi connectivity index (χ0) is 17.6. The number of nitrogens with zero attached hydrogens (tertiary/aromatic N) is 3. The molecule has 1 heterocycles. The molecule has 0 unspecified atom stereocenters. The maximum atomic E-state index is 12.5. The van der Waals surface area contributed by atoms with Crippen LogP contribution >= 0.6 is 0 Å². The maximum Gasteiger partial charge on any atom is 0.318 e. The van der Waals surface area contributed by atoms with Gasteiger partial charge in [0.25, 0.3) is 0 Å². The van der Waals surface area contributed by atoms with Crippen LogP contribution < -0.4 is 5.32 Å². The van der Waals surface area contributed by atoms with E-state index in [0.29, 0.717) is 30.8 Å². The van der Waals surface area contributed by atoms with Crippen LogP contribution in [0, 0.1) is 6.92 Å². The van der Waals surface area contributed by atoms with E-state index >= 15 is 0 Å². The smallest absolute Gasteiger partial charge is 0.318 e. The summed E-state index contributed by atoms with van der Waals surface area (Å²) in [5.74, 6) is 1.01. The molecule has 6 heteroatoms. The maximum absolute atomic E-state index is 12.5. The van der Waals surface area contributed by atoms with Crippen molar-refractivity contribution >= 4 is 6.03 Å². The predicted molar refractivity (Wildman–Crippen MR) is 96.0 cm³/mol. The number of benzene rings is 1. The zero-order valence-corrected chi connectivity index (χ0v) is 15.0. The Hall–Kier alpha value is -2.37. The number of amides is 2. The van der Waals surface area contributed by atoms with Gasteiger partial charge in [-0.2, -0.15) is 4.98 Å². The molecule has 1 saturated carbocycles. The van der Waals surface area contributed by atoms with E-state index in [4.69, 9.17) is 4.52 Å². The third-order valence-electron chi connectivity index (χ3n) is 4.67. The highest BCUT2D eigenvalue weighted by atomic mass is 16.5. The number of aryl methyl sites for hydroxylation is 1. The third kappa shape index (κ3) is 4.59. The van der Waals surface area contributed by atoms with Gasteiger partial charge >= 0.3 is 6.03 Å². The quantitative estimate of drug-likeness (QED) is 0.894. The predicted octanol–water partition coefficient (Wildman–Crippen LogP) is 3.91. The molecular formula is C19H26N4O2. The van der Waals surface area contributed by atoms with Gasteiger partial charge in [0, 0.05) is 18.2 Å². The van der Waals surface area contributed by atoms with Gasteiger partial charge in [0.1, 0.15) is 6.54 Å². The highest BCUT2D eigenvalue weighted by Crippen LogP contribution is 2.19. The largest absolute Gasteiger partial charge is 0.337 e. The van der Waals surface area contributed by atoms with E-state index in [1.165, 1.54) is 19.3 Å². The van der Waals surface area contributed by atoms with Gasteiger partial charge < -0.3 is 14.7 Å². The van der Waals surface area contributed by atoms with Gasteiger partial charge in [-0.1, -0.05) is 48.2 Å². The summed E-state index contributed by atoms with van der Waals surface area (Å²) in [6, 6.07) is 8.21. The first-order valence-electron chi connectivity index (χ1n) is 9.10. The van der Waals surface area contributed by atoms with Gasteiger partial charge in [0.05, 0.1) is 0 Å². The number of rotatable bonds is 5. The number of carbonyl (C=O) groups excluding carboxylic acids is 1. The fourth-order valence-electron chi connectivity index (χ4n) is 3.22. The minimum Gasteiger partial charge on any atom is -0.337 e. The topological polar surface area (TPSA) is 71.3 Å². The van der Waals surface area contributed by atoms with Crippen molar-refractivity contribution in [3.05, 3.63) is 35.7 Å². The van der Waals surface area contributed by atoms with E-state index in [2.05, 4.69) is 15.5 Å². The van der Waals surface area contributed by atoms with Crippen molar-refractivity contribution in [1.82, 2.24) is 20.4 Å². The molecule has 1 aromatic heterocycles. The fraction of sp³-hybridized carbons (Fsp3) is 0.526. The molecule has 2 amide bonds. The number of aromatic nitrogens is 2. The molecule has 1 aliphatic carbocycles. The molecule has 1 fully saturated rings. The highest BCUT2D eigenvalue weighted by Gasteiger charge is 2.21. The number of nitrogens with one attached hydrogen (secondary N) is 1. The summed E-state index contributed by atoms with van der Waals surface area (Å²) >= 11 is 0. The van der Waals surface area contributed by atoms with Crippen LogP contribution in [0.4, 0.5) is 4.79 Å². The first kappa shape index (κ1) is 17.5. The van der Waals surface area contributed by atoms with E-state index in [0.717, 1.165) is 24.0 Å². The Bertz CT molecular complexity index is 707. The summed E-state index contributed by atoms with van der Waals surface area (Å²) in [6.45, 7) is 4.91. The van der Waals surface area contributed by atoms with E-state index in [1.807, 2.05) is 38.1 Å². The fourth-order valence-corrected chi connectivity index (χ4v) is 3.22. The summed E-state index contributed by atoms with van der Waals surface area (Å²) in [6.07, 6.45) is 5.80. The average molecular weight is 342 g/mol. The van der Waals surface area contributed by atoms with Crippen molar-refractivity contribution < 1.29 is 9.32 Å². The summed E-state index contributed by atoms with van der Waals surface area (Å²) in [5.41, 5.74) is 2.07.